The number of nitrogens with one attached hydrogen (secondary N) is 1. The molecule has 0 bridgehead atoms. The van der Waals surface area contributed by atoms with Crippen molar-refractivity contribution in [2.24, 2.45) is 5.92 Å². The van der Waals surface area contributed by atoms with Crippen LogP contribution in [0.1, 0.15) is 29.6 Å². The van der Waals surface area contributed by atoms with Gasteiger partial charge in [-0.3, -0.25) is 9.78 Å². The quantitative estimate of drug-likeness (QED) is 0.893. The summed E-state index contributed by atoms with van der Waals surface area (Å²) in [6.07, 6.45) is 6.18. The molecule has 1 aromatic heterocycles. The Morgan fingerprint density at radius 1 is 1.53 bits per heavy atom. The molecule has 17 heavy (non-hydrogen) atoms. The molecule has 1 aliphatic rings. The van der Waals surface area contributed by atoms with Crippen molar-refractivity contribution in [2.45, 2.75) is 25.3 Å². The van der Waals surface area contributed by atoms with E-state index in [0.29, 0.717) is 5.56 Å². The molecule has 0 radical (unpaired) electrons. The lowest BCUT2D eigenvalue weighted by Gasteiger charge is -2.18. The molecule has 1 aliphatic carbocycles. The van der Waals surface area contributed by atoms with E-state index in [4.69, 9.17) is 0 Å². The second kappa shape index (κ2) is 5.60. The van der Waals surface area contributed by atoms with Crippen LogP contribution in [0, 0.1) is 5.92 Å². The zero-order valence-electron chi connectivity index (χ0n) is 9.40. The minimum atomic E-state index is -0.121. The lowest BCUT2D eigenvalue weighted by molar-refractivity contribution is 0.0915. The van der Waals surface area contributed by atoms with Crippen molar-refractivity contribution in [2.75, 3.05) is 6.61 Å². The maximum absolute atomic E-state index is 12.0. The Labute approximate surface area is 109 Å². The van der Waals surface area contributed by atoms with Gasteiger partial charge in [-0.1, -0.05) is 6.42 Å². The summed E-state index contributed by atoms with van der Waals surface area (Å²) in [5.74, 6) is 0.0724. The third-order valence-corrected chi connectivity index (χ3v) is 3.61. The normalized spacial score (nSPS) is 23.6. The minimum absolute atomic E-state index is 0.0893. The third-order valence-electron chi connectivity index (χ3n) is 3.18. The van der Waals surface area contributed by atoms with Gasteiger partial charge in [-0.05, 0) is 34.8 Å². The molecule has 1 saturated carbocycles. The molecule has 2 N–H and O–H groups in total. The molecule has 2 atom stereocenters. The van der Waals surface area contributed by atoms with Crippen LogP contribution in [0.15, 0.2) is 22.9 Å². The predicted octanol–water partition coefficient (Wildman–Crippen LogP) is 1.73. The van der Waals surface area contributed by atoms with E-state index in [9.17, 15) is 9.90 Å². The molecule has 5 heteroatoms. The third kappa shape index (κ3) is 3.04. The fourth-order valence-corrected chi connectivity index (χ4v) is 2.60. The van der Waals surface area contributed by atoms with E-state index >= 15 is 0 Å². The number of aliphatic hydroxyl groups is 1. The zero-order valence-corrected chi connectivity index (χ0v) is 11.0. The molecule has 1 heterocycles. The van der Waals surface area contributed by atoms with Crippen molar-refractivity contribution in [1.82, 2.24) is 10.3 Å². The summed E-state index contributed by atoms with van der Waals surface area (Å²) in [6.45, 7) is 0.141. The second-order valence-corrected chi connectivity index (χ2v) is 5.26. The molecule has 0 spiro atoms. The van der Waals surface area contributed by atoms with Crippen molar-refractivity contribution >= 4 is 21.8 Å². The highest BCUT2D eigenvalue weighted by Crippen LogP contribution is 2.25. The van der Waals surface area contributed by atoms with Crippen LogP contribution in [0.4, 0.5) is 0 Å². The highest BCUT2D eigenvalue weighted by molar-refractivity contribution is 9.10. The molecule has 2 unspecified atom stereocenters. The van der Waals surface area contributed by atoms with Gasteiger partial charge < -0.3 is 10.4 Å². The Bertz CT molecular complexity index is 411. The molecule has 1 amide bonds. The number of amides is 1. The Morgan fingerprint density at radius 2 is 2.35 bits per heavy atom. The maximum Gasteiger partial charge on any atom is 0.253 e. The van der Waals surface area contributed by atoms with Gasteiger partial charge in [0.1, 0.15) is 0 Å². The Morgan fingerprint density at radius 3 is 3.06 bits per heavy atom. The Kier molecular flexibility index (Phi) is 4.12. The highest BCUT2D eigenvalue weighted by atomic mass is 79.9. The summed E-state index contributed by atoms with van der Waals surface area (Å²) in [5, 5.41) is 12.2. The van der Waals surface area contributed by atoms with Gasteiger partial charge in [0, 0.05) is 35.4 Å². The lowest BCUT2D eigenvalue weighted by atomic mass is 10.0. The largest absolute Gasteiger partial charge is 0.396 e. The van der Waals surface area contributed by atoms with E-state index < -0.39 is 0 Å². The van der Waals surface area contributed by atoms with Crippen molar-refractivity contribution in [3.05, 3.63) is 28.5 Å². The van der Waals surface area contributed by atoms with Crippen molar-refractivity contribution in [1.29, 1.82) is 0 Å². The van der Waals surface area contributed by atoms with Crippen molar-refractivity contribution in [3.8, 4) is 0 Å². The van der Waals surface area contributed by atoms with Crippen LogP contribution in [0.2, 0.25) is 0 Å². The Hall–Kier alpha value is -0.940. The van der Waals surface area contributed by atoms with Gasteiger partial charge in [-0.15, -0.1) is 0 Å². The van der Waals surface area contributed by atoms with Gasteiger partial charge in [-0.2, -0.15) is 0 Å². The van der Waals surface area contributed by atoms with Crippen LogP contribution in [0.5, 0.6) is 0 Å². The van der Waals surface area contributed by atoms with E-state index in [-0.39, 0.29) is 24.5 Å². The second-order valence-electron chi connectivity index (χ2n) is 4.35. The molecular weight excluding hydrogens is 284 g/mol. The summed E-state index contributed by atoms with van der Waals surface area (Å²) in [4.78, 5) is 15.9. The van der Waals surface area contributed by atoms with E-state index in [1.54, 1.807) is 18.5 Å². The topological polar surface area (TPSA) is 62.2 Å². The van der Waals surface area contributed by atoms with Crippen LogP contribution in [0.25, 0.3) is 0 Å². The molecular formula is C12H15BrN2O2. The summed E-state index contributed by atoms with van der Waals surface area (Å²) < 4.78 is 0.787. The standard InChI is InChI=1S/C12H15BrN2O2/c13-10-4-9(5-14-6-10)12(17)15-11-3-1-2-8(11)7-16/h4-6,8,11,16H,1-3,7H2,(H,15,17). The average Bonchev–Trinajstić information content (AvgIpc) is 2.76. The summed E-state index contributed by atoms with van der Waals surface area (Å²) in [7, 11) is 0. The maximum atomic E-state index is 12.0. The molecule has 1 fully saturated rings. The van der Waals surface area contributed by atoms with Gasteiger partial charge in [0.2, 0.25) is 0 Å². The summed E-state index contributed by atoms with van der Waals surface area (Å²) in [6, 6.07) is 1.83. The number of pyridine rings is 1. The van der Waals surface area contributed by atoms with E-state index in [1.165, 1.54) is 0 Å². The van der Waals surface area contributed by atoms with Crippen molar-refractivity contribution < 1.29 is 9.90 Å². The van der Waals surface area contributed by atoms with Gasteiger partial charge >= 0.3 is 0 Å². The van der Waals surface area contributed by atoms with Gasteiger partial charge in [-0.25, -0.2) is 0 Å². The first-order valence-electron chi connectivity index (χ1n) is 5.73. The van der Waals surface area contributed by atoms with E-state index in [2.05, 4.69) is 26.2 Å². The lowest BCUT2D eigenvalue weighted by Crippen LogP contribution is -2.38. The Balaban J connectivity index is 2.01. The number of carbonyl (C=O) groups is 1. The molecule has 2 rings (SSSR count). The molecule has 0 saturated heterocycles. The number of aromatic nitrogens is 1. The number of nitrogens with zero attached hydrogens (tertiary/aromatic N) is 1. The molecule has 4 nitrogen and oxygen atoms in total. The van der Waals surface area contributed by atoms with Crippen LogP contribution < -0.4 is 5.32 Å². The fourth-order valence-electron chi connectivity index (χ4n) is 2.23. The fraction of sp³-hybridized carbons (Fsp3) is 0.500. The summed E-state index contributed by atoms with van der Waals surface area (Å²) in [5.41, 5.74) is 0.544. The number of halogens is 1. The number of hydrogen-bond donors (Lipinski definition) is 2. The number of carbonyl (C=O) groups excluding carboxylic acids is 1. The number of aliphatic hydroxyl groups excluding tert-OH is 1. The van der Waals surface area contributed by atoms with Gasteiger partial charge in [0.05, 0.1) is 5.56 Å². The molecule has 92 valence electrons. The van der Waals surface area contributed by atoms with Crippen LogP contribution in [-0.2, 0) is 0 Å². The predicted molar refractivity (Wildman–Crippen MR) is 67.6 cm³/mol. The first-order chi connectivity index (χ1) is 8.20. The van der Waals surface area contributed by atoms with Crippen molar-refractivity contribution in [3.63, 3.8) is 0 Å². The minimum Gasteiger partial charge on any atom is -0.396 e. The molecule has 0 aromatic carbocycles. The smallest absolute Gasteiger partial charge is 0.253 e. The highest BCUT2D eigenvalue weighted by Gasteiger charge is 2.28. The molecule has 0 aliphatic heterocycles. The first-order valence-corrected chi connectivity index (χ1v) is 6.52. The van der Waals surface area contributed by atoms with E-state index in [0.717, 1.165) is 23.7 Å². The van der Waals surface area contributed by atoms with Gasteiger partial charge in [0.25, 0.3) is 5.91 Å². The van der Waals surface area contributed by atoms with Crippen LogP contribution >= 0.6 is 15.9 Å². The summed E-state index contributed by atoms with van der Waals surface area (Å²) >= 11 is 3.29. The SMILES string of the molecule is O=C(NC1CCCC1CO)c1cncc(Br)c1. The molecule has 1 aromatic rings. The zero-order chi connectivity index (χ0) is 12.3. The number of rotatable bonds is 3. The average molecular weight is 299 g/mol. The monoisotopic (exact) mass is 298 g/mol. The number of hydrogen-bond acceptors (Lipinski definition) is 3. The van der Waals surface area contributed by atoms with Gasteiger partial charge in [0.15, 0.2) is 0 Å². The first kappa shape index (κ1) is 12.5. The van der Waals surface area contributed by atoms with Crippen LogP contribution in [-0.4, -0.2) is 28.6 Å². The van der Waals surface area contributed by atoms with Crippen LogP contribution in [0.3, 0.4) is 0 Å². The van der Waals surface area contributed by atoms with E-state index in [1.807, 2.05) is 0 Å².